The van der Waals surface area contributed by atoms with E-state index in [1.54, 1.807) is 4.68 Å². The van der Waals surface area contributed by atoms with Crippen LogP contribution in [0.1, 0.15) is 46.0 Å². The van der Waals surface area contributed by atoms with E-state index in [9.17, 15) is 8.42 Å². The van der Waals surface area contributed by atoms with Crippen LogP contribution in [0.25, 0.3) is 0 Å². The monoisotopic (exact) mass is 286 g/mol. The van der Waals surface area contributed by atoms with Gasteiger partial charge in [-0.25, -0.2) is 13.1 Å². The molecule has 1 aliphatic rings. The Kier molecular flexibility index (Phi) is 3.87. The van der Waals surface area contributed by atoms with Crippen molar-refractivity contribution < 1.29 is 8.42 Å². The molecule has 0 atom stereocenters. The van der Waals surface area contributed by atoms with Gasteiger partial charge in [0.1, 0.15) is 4.90 Å². The topological polar surface area (TPSA) is 90.0 Å². The predicted octanol–water partition coefficient (Wildman–Crippen LogP) is 1.49. The van der Waals surface area contributed by atoms with Crippen molar-refractivity contribution in [1.29, 1.82) is 0 Å². The van der Waals surface area contributed by atoms with Crippen molar-refractivity contribution in [2.24, 2.45) is 0 Å². The number of nitrogen functional groups attached to an aromatic ring is 1. The van der Waals surface area contributed by atoms with Crippen molar-refractivity contribution in [2.75, 3.05) is 5.73 Å². The third kappa shape index (κ3) is 2.76. The summed E-state index contributed by atoms with van der Waals surface area (Å²) in [6, 6.07) is 0. The zero-order valence-electron chi connectivity index (χ0n) is 11.5. The van der Waals surface area contributed by atoms with Gasteiger partial charge in [0.25, 0.3) is 0 Å². The number of nitrogens with zero attached hydrogens (tertiary/aromatic N) is 2. The fourth-order valence-corrected chi connectivity index (χ4v) is 4.05. The molecule has 7 heteroatoms. The van der Waals surface area contributed by atoms with Crippen LogP contribution in [0.4, 0.5) is 5.82 Å². The zero-order chi connectivity index (χ0) is 14.1. The van der Waals surface area contributed by atoms with Crippen LogP contribution >= 0.6 is 0 Å². The average Bonchev–Trinajstić information content (AvgIpc) is 2.66. The van der Waals surface area contributed by atoms with E-state index in [1.807, 2.05) is 13.8 Å². The lowest BCUT2D eigenvalue weighted by Crippen LogP contribution is -2.52. The molecule has 0 bridgehead atoms. The molecule has 0 radical (unpaired) electrons. The Balaban J connectivity index is 2.24. The van der Waals surface area contributed by atoms with E-state index in [1.165, 1.54) is 6.20 Å². The number of anilines is 1. The summed E-state index contributed by atoms with van der Waals surface area (Å²) in [4.78, 5) is 0.0978. The number of aryl methyl sites for hydroxylation is 1. The summed E-state index contributed by atoms with van der Waals surface area (Å²) >= 11 is 0. The molecule has 1 aromatic heterocycles. The molecule has 19 heavy (non-hydrogen) atoms. The minimum Gasteiger partial charge on any atom is -0.381 e. The van der Waals surface area contributed by atoms with Crippen molar-refractivity contribution in [1.82, 2.24) is 14.5 Å². The van der Waals surface area contributed by atoms with Gasteiger partial charge < -0.3 is 5.73 Å². The molecule has 3 N–H and O–H groups in total. The maximum absolute atomic E-state index is 12.4. The smallest absolute Gasteiger partial charge is 0.246 e. The molecule has 1 fully saturated rings. The molecule has 0 aromatic carbocycles. The summed E-state index contributed by atoms with van der Waals surface area (Å²) in [6.45, 7) is 4.68. The molecular weight excluding hydrogens is 264 g/mol. The van der Waals surface area contributed by atoms with Crippen LogP contribution in [-0.2, 0) is 16.6 Å². The minimum atomic E-state index is -3.58. The summed E-state index contributed by atoms with van der Waals surface area (Å²) < 4.78 is 29.2. The highest BCUT2D eigenvalue weighted by Gasteiger charge is 2.40. The highest BCUT2D eigenvalue weighted by atomic mass is 32.2. The normalized spacial score (nSPS) is 18.2. The van der Waals surface area contributed by atoms with E-state index in [-0.39, 0.29) is 16.3 Å². The van der Waals surface area contributed by atoms with Crippen LogP contribution in [-0.4, -0.2) is 23.7 Å². The maximum atomic E-state index is 12.4. The summed E-state index contributed by atoms with van der Waals surface area (Å²) in [7, 11) is -3.58. The Hall–Kier alpha value is -1.08. The van der Waals surface area contributed by atoms with Gasteiger partial charge >= 0.3 is 0 Å². The summed E-state index contributed by atoms with van der Waals surface area (Å²) in [6.07, 6.45) is 6.06. The van der Waals surface area contributed by atoms with Crippen molar-refractivity contribution in [3.63, 3.8) is 0 Å². The first-order valence-corrected chi connectivity index (χ1v) is 8.28. The maximum Gasteiger partial charge on any atom is 0.246 e. The quantitative estimate of drug-likeness (QED) is 0.829. The number of hydrogen-bond donors (Lipinski definition) is 2. The van der Waals surface area contributed by atoms with Gasteiger partial charge in [-0.05, 0) is 32.1 Å². The predicted molar refractivity (Wildman–Crippen MR) is 74.1 cm³/mol. The Morgan fingerprint density at radius 3 is 2.63 bits per heavy atom. The van der Waals surface area contributed by atoms with Crippen LogP contribution in [0.5, 0.6) is 0 Å². The fraction of sp³-hybridized carbons (Fsp3) is 0.750. The second-order valence-electron chi connectivity index (χ2n) is 5.23. The van der Waals surface area contributed by atoms with Crippen LogP contribution in [0.15, 0.2) is 11.1 Å². The van der Waals surface area contributed by atoms with Crippen LogP contribution in [0.2, 0.25) is 0 Å². The molecular formula is C12H22N4O2S. The molecule has 108 valence electrons. The summed E-state index contributed by atoms with van der Waals surface area (Å²) in [5, 5.41) is 4.04. The van der Waals surface area contributed by atoms with Gasteiger partial charge in [-0.2, -0.15) is 5.10 Å². The van der Waals surface area contributed by atoms with Gasteiger partial charge in [0.2, 0.25) is 10.0 Å². The minimum absolute atomic E-state index is 0.0755. The fourth-order valence-electron chi connectivity index (χ4n) is 2.44. The molecule has 0 amide bonds. The van der Waals surface area contributed by atoms with E-state index in [2.05, 4.69) is 9.82 Å². The van der Waals surface area contributed by atoms with Gasteiger partial charge in [0, 0.05) is 18.3 Å². The van der Waals surface area contributed by atoms with Gasteiger partial charge in [-0.1, -0.05) is 13.8 Å². The van der Waals surface area contributed by atoms with E-state index < -0.39 is 10.0 Å². The Morgan fingerprint density at radius 1 is 1.47 bits per heavy atom. The zero-order valence-corrected chi connectivity index (χ0v) is 12.3. The molecule has 0 unspecified atom stereocenters. The van der Waals surface area contributed by atoms with E-state index in [0.29, 0.717) is 6.54 Å². The number of nitrogens with one attached hydrogen (secondary N) is 1. The van der Waals surface area contributed by atoms with E-state index >= 15 is 0 Å². The standard InChI is InChI=1S/C12H22N4O2S/c1-3-8-16-9-10(11(13)14-16)19(17,18)15-12(4-2)6-5-7-12/h9,15H,3-8H2,1-2H3,(H2,13,14). The lowest BCUT2D eigenvalue weighted by atomic mass is 9.76. The van der Waals surface area contributed by atoms with Crippen LogP contribution in [0, 0.1) is 0 Å². The van der Waals surface area contributed by atoms with Gasteiger partial charge in [-0.3, -0.25) is 4.68 Å². The first kappa shape index (κ1) is 14.3. The summed E-state index contributed by atoms with van der Waals surface area (Å²) in [5.41, 5.74) is 5.45. The van der Waals surface area contributed by atoms with Gasteiger partial charge in [-0.15, -0.1) is 0 Å². The second-order valence-corrected chi connectivity index (χ2v) is 6.89. The highest BCUT2D eigenvalue weighted by molar-refractivity contribution is 7.89. The number of rotatable bonds is 6. The molecule has 0 spiro atoms. The lowest BCUT2D eigenvalue weighted by Gasteiger charge is -2.41. The van der Waals surface area contributed by atoms with E-state index in [0.717, 1.165) is 32.1 Å². The van der Waals surface area contributed by atoms with E-state index in [4.69, 9.17) is 5.73 Å². The van der Waals surface area contributed by atoms with Crippen LogP contribution < -0.4 is 10.5 Å². The van der Waals surface area contributed by atoms with Crippen molar-refractivity contribution in [3.8, 4) is 0 Å². The first-order chi connectivity index (χ1) is 8.92. The van der Waals surface area contributed by atoms with Crippen molar-refractivity contribution in [3.05, 3.63) is 6.20 Å². The van der Waals surface area contributed by atoms with Gasteiger partial charge in [0.05, 0.1) is 0 Å². The SMILES string of the molecule is CCCn1cc(S(=O)(=O)NC2(CC)CCC2)c(N)n1. The number of nitrogens with two attached hydrogens (primary N) is 1. The van der Waals surface area contributed by atoms with Crippen molar-refractivity contribution >= 4 is 15.8 Å². The molecule has 1 aromatic rings. The second kappa shape index (κ2) is 5.13. The molecule has 1 saturated carbocycles. The lowest BCUT2D eigenvalue weighted by molar-refractivity contribution is 0.214. The largest absolute Gasteiger partial charge is 0.381 e. The number of hydrogen-bond acceptors (Lipinski definition) is 4. The molecule has 1 aliphatic carbocycles. The van der Waals surface area contributed by atoms with Gasteiger partial charge in [0.15, 0.2) is 5.82 Å². The third-order valence-corrected chi connectivity index (χ3v) is 5.43. The first-order valence-electron chi connectivity index (χ1n) is 6.79. The van der Waals surface area contributed by atoms with Crippen molar-refractivity contribution in [2.45, 2.75) is 62.9 Å². The highest BCUT2D eigenvalue weighted by Crippen LogP contribution is 2.36. The molecule has 6 nitrogen and oxygen atoms in total. The molecule has 0 saturated heterocycles. The summed E-state index contributed by atoms with van der Waals surface area (Å²) in [5.74, 6) is 0.0755. The molecule has 0 aliphatic heterocycles. The average molecular weight is 286 g/mol. The number of aromatic nitrogens is 2. The molecule has 2 rings (SSSR count). The van der Waals surface area contributed by atoms with Crippen LogP contribution in [0.3, 0.4) is 0 Å². The Labute approximate surface area is 114 Å². The third-order valence-electron chi connectivity index (χ3n) is 3.84. The molecule has 1 heterocycles. The Morgan fingerprint density at radius 2 is 2.16 bits per heavy atom. The Bertz CT molecular complexity index is 541. The number of sulfonamides is 1.